The second kappa shape index (κ2) is 8.89. The lowest BCUT2D eigenvalue weighted by Crippen LogP contribution is -2.32. The fourth-order valence-corrected chi connectivity index (χ4v) is 2.13. The van der Waals surface area contributed by atoms with Gasteiger partial charge in [-0.2, -0.15) is 0 Å². The van der Waals surface area contributed by atoms with E-state index in [1.165, 1.54) is 6.07 Å². The molecule has 0 saturated carbocycles. The molecule has 0 amide bonds. The summed E-state index contributed by atoms with van der Waals surface area (Å²) in [6.45, 7) is 4.61. The molecule has 0 fully saturated rings. The molecular weight excluding hydrogens is 259 g/mol. The molecule has 4 nitrogen and oxygen atoms in total. The van der Waals surface area contributed by atoms with E-state index in [2.05, 4.69) is 4.90 Å². The predicted molar refractivity (Wildman–Crippen MR) is 79.7 cm³/mol. The molecule has 5 heteroatoms. The number of halogens is 1. The topological polar surface area (TPSA) is 47.7 Å². The zero-order valence-corrected chi connectivity index (χ0v) is 12.6. The highest BCUT2D eigenvalue weighted by molar-refractivity contribution is 5.54. The first kappa shape index (κ1) is 16.9. The Labute approximate surface area is 120 Å². The zero-order chi connectivity index (χ0) is 15.0. The number of hydrogen-bond acceptors (Lipinski definition) is 4. The van der Waals surface area contributed by atoms with Gasteiger partial charge >= 0.3 is 0 Å². The van der Waals surface area contributed by atoms with Gasteiger partial charge in [-0.15, -0.1) is 0 Å². The van der Waals surface area contributed by atoms with Crippen molar-refractivity contribution in [3.8, 4) is 0 Å². The predicted octanol–water partition coefficient (Wildman–Crippen LogP) is 1.81. The van der Waals surface area contributed by atoms with Crippen LogP contribution < -0.4 is 10.6 Å². The summed E-state index contributed by atoms with van der Waals surface area (Å²) in [6.07, 6.45) is 0.642. The average Bonchev–Trinajstić information content (AvgIpc) is 2.39. The minimum atomic E-state index is -0.233. The summed E-state index contributed by atoms with van der Waals surface area (Å²) in [7, 11) is 3.34. The minimum absolute atomic E-state index is 0.0118. The molecule has 0 heterocycles. The molecule has 0 bridgehead atoms. The van der Waals surface area contributed by atoms with Crippen molar-refractivity contribution in [2.75, 3.05) is 45.4 Å². The van der Waals surface area contributed by atoms with Crippen molar-refractivity contribution in [1.82, 2.24) is 0 Å². The van der Waals surface area contributed by atoms with Crippen LogP contribution in [-0.4, -0.2) is 46.6 Å². The Morgan fingerprint density at radius 2 is 1.80 bits per heavy atom. The number of benzene rings is 1. The van der Waals surface area contributed by atoms with E-state index in [0.717, 1.165) is 24.3 Å². The SMILES string of the molecule is COCCN(CCOC)c1ccc(F)cc1CC(C)N. The summed E-state index contributed by atoms with van der Waals surface area (Å²) >= 11 is 0. The van der Waals surface area contributed by atoms with E-state index < -0.39 is 0 Å². The van der Waals surface area contributed by atoms with Gasteiger partial charge in [0.05, 0.1) is 13.2 Å². The Balaban J connectivity index is 2.96. The molecule has 0 aliphatic carbocycles. The van der Waals surface area contributed by atoms with Crippen LogP contribution in [0.2, 0.25) is 0 Å². The second-order valence-electron chi connectivity index (χ2n) is 4.93. The molecule has 1 aromatic carbocycles. The van der Waals surface area contributed by atoms with E-state index in [-0.39, 0.29) is 11.9 Å². The van der Waals surface area contributed by atoms with Crippen molar-refractivity contribution in [1.29, 1.82) is 0 Å². The molecule has 0 saturated heterocycles. The standard InChI is InChI=1S/C15H25FN2O2/c1-12(17)10-13-11-14(16)4-5-15(13)18(6-8-19-2)7-9-20-3/h4-5,11-12H,6-10,17H2,1-3H3. The molecule has 114 valence electrons. The Bertz CT molecular complexity index is 391. The Morgan fingerprint density at radius 1 is 1.20 bits per heavy atom. The zero-order valence-electron chi connectivity index (χ0n) is 12.6. The molecule has 20 heavy (non-hydrogen) atoms. The number of nitrogens with zero attached hydrogens (tertiary/aromatic N) is 1. The van der Waals surface area contributed by atoms with Gasteiger partial charge < -0.3 is 20.1 Å². The molecule has 0 aliphatic rings. The van der Waals surface area contributed by atoms with Gasteiger partial charge in [-0.25, -0.2) is 4.39 Å². The quantitative estimate of drug-likeness (QED) is 0.751. The highest BCUT2D eigenvalue weighted by atomic mass is 19.1. The first-order chi connectivity index (χ1) is 9.58. The maximum Gasteiger partial charge on any atom is 0.123 e. The highest BCUT2D eigenvalue weighted by Crippen LogP contribution is 2.23. The summed E-state index contributed by atoms with van der Waals surface area (Å²) in [5.41, 5.74) is 7.77. The third-order valence-corrected chi connectivity index (χ3v) is 3.05. The number of hydrogen-bond donors (Lipinski definition) is 1. The van der Waals surface area contributed by atoms with Gasteiger partial charge in [-0.3, -0.25) is 0 Å². The molecule has 2 N–H and O–H groups in total. The van der Waals surface area contributed by atoms with Crippen molar-refractivity contribution >= 4 is 5.69 Å². The number of rotatable bonds is 9. The van der Waals surface area contributed by atoms with E-state index in [1.807, 2.05) is 6.92 Å². The number of ether oxygens (including phenoxy) is 2. The van der Waals surface area contributed by atoms with Gasteiger partial charge in [-0.1, -0.05) is 0 Å². The highest BCUT2D eigenvalue weighted by Gasteiger charge is 2.13. The van der Waals surface area contributed by atoms with Crippen molar-refractivity contribution in [3.63, 3.8) is 0 Å². The van der Waals surface area contributed by atoms with Gasteiger partial charge in [0, 0.05) is 39.0 Å². The summed E-state index contributed by atoms with van der Waals surface area (Å²) in [6, 6.07) is 4.83. The Hall–Kier alpha value is -1.17. The van der Waals surface area contributed by atoms with E-state index in [4.69, 9.17) is 15.2 Å². The third kappa shape index (κ3) is 5.45. The molecule has 1 atom stereocenters. The molecule has 0 spiro atoms. The van der Waals surface area contributed by atoms with Crippen LogP contribution in [0.15, 0.2) is 18.2 Å². The van der Waals surface area contributed by atoms with Crippen LogP contribution in [0, 0.1) is 5.82 Å². The monoisotopic (exact) mass is 284 g/mol. The first-order valence-electron chi connectivity index (χ1n) is 6.85. The van der Waals surface area contributed by atoms with Crippen molar-refractivity contribution in [2.24, 2.45) is 5.73 Å². The van der Waals surface area contributed by atoms with Gasteiger partial charge in [0.15, 0.2) is 0 Å². The van der Waals surface area contributed by atoms with Crippen LogP contribution in [0.3, 0.4) is 0 Å². The lowest BCUT2D eigenvalue weighted by atomic mass is 10.0. The van der Waals surface area contributed by atoms with Gasteiger partial charge in [0.1, 0.15) is 5.82 Å². The van der Waals surface area contributed by atoms with Crippen LogP contribution in [0.4, 0.5) is 10.1 Å². The Morgan fingerprint density at radius 3 is 2.30 bits per heavy atom. The van der Waals surface area contributed by atoms with Crippen LogP contribution in [0.1, 0.15) is 12.5 Å². The molecular formula is C15H25FN2O2. The maximum atomic E-state index is 13.5. The van der Waals surface area contributed by atoms with Crippen molar-refractivity contribution < 1.29 is 13.9 Å². The third-order valence-electron chi connectivity index (χ3n) is 3.05. The van der Waals surface area contributed by atoms with E-state index in [9.17, 15) is 4.39 Å². The molecule has 0 aliphatic heterocycles. The molecule has 1 rings (SSSR count). The average molecular weight is 284 g/mol. The summed E-state index contributed by atoms with van der Waals surface area (Å²) < 4.78 is 23.7. The van der Waals surface area contributed by atoms with Gasteiger partial charge in [0.25, 0.3) is 0 Å². The fraction of sp³-hybridized carbons (Fsp3) is 0.600. The summed E-state index contributed by atoms with van der Waals surface area (Å²) in [5, 5.41) is 0. The molecule has 0 aromatic heterocycles. The molecule has 1 unspecified atom stereocenters. The van der Waals surface area contributed by atoms with E-state index in [1.54, 1.807) is 26.4 Å². The lowest BCUT2D eigenvalue weighted by Gasteiger charge is -2.27. The van der Waals surface area contributed by atoms with E-state index >= 15 is 0 Å². The van der Waals surface area contributed by atoms with Crippen LogP contribution in [0.5, 0.6) is 0 Å². The number of nitrogens with two attached hydrogens (primary N) is 1. The van der Waals surface area contributed by atoms with Crippen LogP contribution in [-0.2, 0) is 15.9 Å². The molecule has 0 radical (unpaired) electrons. The normalized spacial score (nSPS) is 12.4. The van der Waals surface area contributed by atoms with Crippen LogP contribution >= 0.6 is 0 Å². The number of methoxy groups -OCH3 is 2. The Kier molecular flexibility index (Phi) is 7.51. The van der Waals surface area contributed by atoms with Crippen molar-refractivity contribution in [3.05, 3.63) is 29.6 Å². The minimum Gasteiger partial charge on any atom is -0.383 e. The maximum absolute atomic E-state index is 13.5. The van der Waals surface area contributed by atoms with Gasteiger partial charge in [-0.05, 0) is 37.1 Å². The summed E-state index contributed by atoms with van der Waals surface area (Å²) in [5.74, 6) is -0.233. The van der Waals surface area contributed by atoms with Crippen LogP contribution in [0.25, 0.3) is 0 Å². The molecule has 1 aromatic rings. The lowest BCUT2D eigenvalue weighted by molar-refractivity contribution is 0.190. The fourth-order valence-electron chi connectivity index (χ4n) is 2.13. The van der Waals surface area contributed by atoms with Crippen molar-refractivity contribution in [2.45, 2.75) is 19.4 Å². The largest absolute Gasteiger partial charge is 0.383 e. The second-order valence-corrected chi connectivity index (χ2v) is 4.93. The van der Waals surface area contributed by atoms with E-state index in [0.29, 0.717) is 19.6 Å². The smallest absolute Gasteiger partial charge is 0.123 e. The first-order valence-corrected chi connectivity index (χ1v) is 6.85. The number of anilines is 1. The van der Waals surface area contributed by atoms with Gasteiger partial charge in [0.2, 0.25) is 0 Å². The summed E-state index contributed by atoms with van der Waals surface area (Å²) in [4.78, 5) is 2.14.